The second-order valence-electron chi connectivity index (χ2n) is 7.49. The first kappa shape index (κ1) is 20.7. The van der Waals surface area contributed by atoms with Crippen molar-refractivity contribution in [2.45, 2.75) is 25.9 Å². The number of aryl methyl sites for hydroxylation is 1. The van der Waals surface area contributed by atoms with Crippen LogP contribution in [0.25, 0.3) is 21.9 Å². The monoisotopic (exact) mass is 416 g/mol. The van der Waals surface area contributed by atoms with Crippen molar-refractivity contribution in [3.8, 4) is 6.07 Å². The normalized spacial score (nSPS) is 11.1. The molecule has 2 aromatic heterocycles. The number of nitriles is 1. The highest BCUT2D eigenvalue weighted by molar-refractivity contribution is 5.94. The molecule has 4 aromatic rings. The SMILES string of the molecule is N#Cc1ccc2[nH]cc(CCCCNCC(=O)Nc3ccc4oc(CO)cc4c3)c2c1. The molecule has 0 aliphatic rings. The number of aliphatic hydroxyl groups is 1. The van der Waals surface area contributed by atoms with Gasteiger partial charge in [-0.05, 0) is 73.8 Å². The molecule has 0 radical (unpaired) electrons. The quantitative estimate of drug-likeness (QED) is 0.310. The number of fused-ring (bicyclic) bond motifs is 2. The van der Waals surface area contributed by atoms with Crippen molar-refractivity contribution >= 4 is 33.5 Å². The van der Waals surface area contributed by atoms with Crippen molar-refractivity contribution in [2.24, 2.45) is 0 Å². The molecular formula is C24H24N4O3. The second kappa shape index (κ2) is 9.47. The minimum Gasteiger partial charge on any atom is -0.459 e. The predicted octanol–water partition coefficient (Wildman–Crippen LogP) is 3.83. The number of benzene rings is 2. The standard InChI is InChI=1S/C24H24N4O3/c25-12-16-4-6-22-21(9-16)17(13-27-22)3-1-2-8-26-14-24(30)28-19-5-7-23-18(10-19)11-20(15-29)31-23/h4-7,9-11,13,26-27,29H,1-3,8,14-15H2,(H,28,30). The van der Waals surface area contributed by atoms with Gasteiger partial charge < -0.3 is 25.1 Å². The van der Waals surface area contributed by atoms with Gasteiger partial charge in [0.15, 0.2) is 0 Å². The molecule has 0 fully saturated rings. The first-order chi connectivity index (χ1) is 15.2. The van der Waals surface area contributed by atoms with Crippen LogP contribution in [0.1, 0.15) is 29.7 Å². The Morgan fingerprint density at radius 3 is 2.90 bits per heavy atom. The van der Waals surface area contributed by atoms with Gasteiger partial charge in [-0.3, -0.25) is 4.79 Å². The van der Waals surface area contributed by atoms with Crippen molar-refractivity contribution in [1.29, 1.82) is 5.26 Å². The fourth-order valence-electron chi connectivity index (χ4n) is 3.68. The number of carbonyl (C=O) groups is 1. The molecule has 7 heteroatoms. The van der Waals surface area contributed by atoms with Crippen molar-refractivity contribution in [2.75, 3.05) is 18.4 Å². The van der Waals surface area contributed by atoms with E-state index < -0.39 is 0 Å². The Hall–Kier alpha value is -3.60. The van der Waals surface area contributed by atoms with Gasteiger partial charge in [0.05, 0.1) is 18.2 Å². The number of aliphatic hydroxyl groups excluding tert-OH is 1. The number of nitrogens with zero attached hydrogens (tertiary/aromatic N) is 1. The van der Waals surface area contributed by atoms with Crippen LogP contribution in [0.4, 0.5) is 5.69 Å². The number of aromatic nitrogens is 1. The van der Waals surface area contributed by atoms with E-state index in [9.17, 15) is 4.79 Å². The molecule has 0 aliphatic heterocycles. The lowest BCUT2D eigenvalue weighted by molar-refractivity contribution is -0.115. The molecular weight excluding hydrogens is 392 g/mol. The fourth-order valence-corrected chi connectivity index (χ4v) is 3.68. The number of furan rings is 1. The van der Waals surface area contributed by atoms with E-state index in [-0.39, 0.29) is 19.1 Å². The van der Waals surface area contributed by atoms with Crippen molar-refractivity contribution < 1.29 is 14.3 Å². The number of hydrogen-bond donors (Lipinski definition) is 4. The number of amides is 1. The third-order valence-electron chi connectivity index (χ3n) is 5.24. The van der Waals surface area contributed by atoms with Gasteiger partial charge >= 0.3 is 0 Å². The summed E-state index contributed by atoms with van der Waals surface area (Å²) in [6.07, 6.45) is 4.86. The summed E-state index contributed by atoms with van der Waals surface area (Å²) in [4.78, 5) is 15.4. The maximum atomic E-state index is 12.2. The molecule has 0 saturated carbocycles. The smallest absolute Gasteiger partial charge is 0.238 e. The number of carbonyl (C=O) groups excluding carboxylic acids is 1. The van der Waals surface area contributed by atoms with Gasteiger partial charge in [-0.15, -0.1) is 0 Å². The van der Waals surface area contributed by atoms with Crippen LogP contribution < -0.4 is 10.6 Å². The molecule has 0 saturated heterocycles. The summed E-state index contributed by atoms with van der Waals surface area (Å²) >= 11 is 0. The predicted molar refractivity (Wildman–Crippen MR) is 120 cm³/mol. The molecule has 2 aromatic carbocycles. The molecule has 0 aliphatic carbocycles. The Bertz CT molecular complexity index is 1250. The minimum absolute atomic E-state index is 0.106. The summed E-state index contributed by atoms with van der Waals surface area (Å²) in [5.41, 5.74) is 4.30. The molecule has 0 atom stereocenters. The zero-order valence-electron chi connectivity index (χ0n) is 17.1. The number of aromatic amines is 1. The summed E-state index contributed by atoms with van der Waals surface area (Å²) in [6, 6.07) is 15.0. The van der Waals surface area contributed by atoms with Crippen molar-refractivity contribution in [3.63, 3.8) is 0 Å². The molecule has 0 unspecified atom stereocenters. The number of H-pyrrole nitrogens is 1. The lowest BCUT2D eigenvalue weighted by Gasteiger charge is -2.07. The molecule has 0 bridgehead atoms. The maximum absolute atomic E-state index is 12.2. The molecule has 31 heavy (non-hydrogen) atoms. The first-order valence-corrected chi connectivity index (χ1v) is 10.3. The van der Waals surface area contributed by atoms with Gasteiger partial charge in [0, 0.05) is 28.2 Å². The van der Waals surface area contributed by atoms with Crippen LogP contribution >= 0.6 is 0 Å². The Kier molecular flexibility index (Phi) is 6.32. The van der Waals surface area contributed by atoms with E-state index in [4.69, 9.17) is 14.8 Å². The van der Waals surface area contributed by atoms with Gasteiger partial charge in [0.2, 0.25) is 5.91 Å². The average Bonchev–Trinajstić information content (AvgIpc) is 3.38. The van der Waals surface area contributed by atoms with E-state index >= 15 is 0 Å². The van der Waals surface area contributed by atoms with Crippen LogP contribution in [-0.4, -0.2) is 29.1 Å². The minimum atomic E-state index is -0.151. The van der Waals surface area contributed by atoms with E-state index in [0.717, 1.165) is 42.1 Å². The first-order valence-electron chi connectivity index (χ1n) is 10.3. The average molecular weight is 416 g/mol. The van der Waals surface area contributed by atoms with Crippen LogP contribution in [0, 0.1) is 11.3 Å². The third-order valence-corrected chi connectivity index (χ3v) is 5.24. The van der Waals surface area contributed by atoms with E-state index in [1.54, 1.807) is 18.2 Å². The van der Waals surface area contributed by atoms with E-state index in [0.29, 0.717) is 22.6 Å². The summed E-state index contributed by atoms with van der Waals surface area (Å²) in [5.74, 6) is 0.393. The second-order valence-corrected chi connectivity index (χ2v) is 7.49. The Labute approximate surface area is 179 Å². The van der Waals surface area contributed by atoms with Gasteiger partial charge in [0.1, 0.15) is 18.0 Å². The highest BCUT2D eigenvalue weighted by Crippen LogP contribution is 2.23. The Morgan fingerprint density at radius 2 is 2.06 bits per heavy atom. The molecule has 4 N–H and O–H groups in total. The third kappa shape index (κ3) is 4.94. The summed E-state index contributed by atoms with van der Waals surface area (Å²) in [7, 11) is 0. The zero-order chi connectivity index (χ0) is 21.6. The number of unbranched alkanes of at least 4 members (excludes halogenated alkanes) is 1. The van der Waals surface area contributed by atoms with E-state index in [1.165, 1.54) is 5.56 Å². The van der Waals surface area contributed by atoms with Crippen molar-refractivity contribution in [3.05, 3.63) is 65.5 Å². The van der Waals surface area contributed by atoms with Crippen LogP contribution in [0.5, 0.6) is 0 Å². The molecule has 0 spiro atoms. The van der Waals surface area contributed by atoms with Crippen LogP contribution in [0.3, 0.4) is 0 Å². The highest BCUT2D eigenvalue weighted by Gasteiger charge is 2.07. The fraction of sp³-hybridized carbons (Fsp3) is 0.250. The van der Waals surface area contributed by atoms with Gasteiger partial charge in [-0.2, -0.15) is 5.26 Å². The van der Waals surface area contributed by atoms with Gasteiger partial charge in [-0.25, -0.2) is 0 Å². The van der Waals surface area contributed by atoms with Crippen LogP contribution in [-0.2, 0) is 17.8 Å². The molecule has 158 valence electrons. The molecule has 4 rings (SSSR count). The lowest BCUT2D eigenvalue weighted by atomic mass is 10.1. The maximum Gasteiger partial charge on any atom is 0.238 e. The number of nitrogens with one attached hydrogen (secondary N) is 3. The lowest BCUT2D eigenvalue weighted by Crippen LogP contribution is -2.28. The Balaban J connectivity index is 1.19. The van der Waals surface area contributed by atoms with Crippen molar-refractivity contribution in [1.82, 2.24) is 10.3 Å². The number of rotatable bonds is 9. The van der Waals surface area contributed by atoms with E-state index in [2.05, 4.69) is 21.7 Å². The largest absolute Gasteiger partial charge is 0.459 e. The highest BCUT2D eigenvalue weighted by atomic mass is 16.4. The number of anilines is 1. The summed E-state index contributed by atoms with van der Waals surface area (Å²) in [5, 5.41) is 26.2. The van der Waals surface area contributed by atoms with Gasteiger partial charge in [-0.1, -0.05) is 0 Å². The summed E-state index contributed by atoms with van der Waals surface area (Å²) in [6.45, 7) is 0.839. The van der Waals surface area contributed by atoms with Crippen LogP contribution in [0.2, 0.25) is 0 Å². The van der Waals surface area contributed by atoms with Crippen LogP contribution in [0.15, 0.2) is 53.1 Å². The molecule has 7 nitrogen and oxygen atoms in total. The Morgan fingerprint density at radius 1 is 1.16 bits per heavy atom. The molecule has 1 amide bonds. The molecule has 2 heterocycles. The van der Waals surface area contributed by atoms with E-state index in [1.807, 2.05) is 30.5 Å². The summed E-state index contributed by atoms with van der Waals surface area (Å²) < 4.78 is 5.45. The zero-order valence-corrected chi connectivity index (χ0v) is 17.1. The van der Waals surface area contributed by atoms with Gasteiger partial charge in [0.25, 0.3) is 0 Å². The topological polar surface area (TPSA) is 114 Å². The number of hydrogen-bond acceptors (Lipinski definition) is 5.